The van der Waals surface area contributed by atoms with Gasteiger partial charge in [0.25, 0.3) is 5.91 Å². The number of rotatable bonds is 6. The number of imidazole rings is 1. The van der Waals surface area contributed by atoms with Gasteiger partial charge in [0, 0.05) is 12.2 Å². The van der Waals surface area contributed by atoms with E-state index in [1.807, 2.05) is 68.4 Å². The molecule has 0 aliphatic heterocycles. The highest BCUT2D eigenvalue weighted by atomic mass is 19.1. The van der Waals surface area contributed by atoms with Gasteiger partial charge in [-0.15, -0.1) is 0 Å². The Morgan fingerprint density at radius 3 is 2.37 bits per heavy atom. The van der Waals surface area contributed by atoms with Crippen LogP contribution in [0.2, 0.25) is 0 Å². The van der Waals surface area contributed by atoms with Crippen LogP contribution in [-0.4, -0.2) is 26.9 Å². The Morgan fingerprint density at radius 2 is 1.63 bits per heavy atom. The number of aromatic nitrogens is 2. The third kappa shape index (κ3) is 3.96. The van der Waals surface area contributed by atoms with E-state index < -0.39 is 5.82 Å². The van der Waals surface area contributed by atoms with Crippen LogP contribution in [0.1, 0.15) is 30.0 Å². The Balaban J connectivity index is 1.78. The van der Waals surface area contributed by atoms with Crippen molar-refractivity contribution in [3.63, 3.8) is 0 Å². The second-order valence-corrected chi connectivity index (χ2v) is 7.75. The van der Waals surface area contributed by atoms with Crippen LogP contribution in [0.25, 0.3) is 16.7 Å². The minimum atomic E-state index is -0.507. The van der Waals surface area contributed by atoms with Gasteiger partial charge in [-0.2, -0.15) is 0 Å². The highest BCUT2D eigenvalue weighted by molar-refractivity contribution is 5.94. The molecule has 0 unspecified atom stereocenters. The molecule has 1 aromatic heterocycles. The lowest BCUT2D eigenvalue weighted by Gasteiger charge is -2.25. The number of hydrogen-bond donors (Lipinski definition) is 0. The first-order chi connectivity index (χ1) is 14.5. The molecule has 1 amide bonds. The maximum Gasteiger partial charge on any atom is 0.257 e. The molecule has 4 aromatic rings. The zero-order valence-electron chi connectivity index (χ0n) is 17.1. The SMILES string of the molecule is CC(C)CN(Cc1nc2ccccc2n1-c1ccccc1)C(=O)c1ccccc1F. The van der Waals surface area contributed by atoms with E-state index in [-0.39, 0.29) is 23.9 Å². The number of carbonyl (C=O) groups excluding carboxylic acids is 1. The smallest absolute Gasteiger partial charge is 0.257 e. The molecule has 0 saturated carbocycles. The lowest BCUT2D eigenvalue weighted by atomic mass is 10.1. The first kappa shape index (κ1) is 19.8. The molecule has 0 radical (unpaired) electrons. The summed E-state index contributed by atoms with van der Waals surface area (Å²) in [5.41, 5.74) is 2.89. The molecule has 152 valence electrons. The Bertz CT molecular complexity index is 1170. The van der Waals surface area contributed by atoms with E-state index in [1.54, 1.807) is 17.0 Å². The van der Waals surface area contributed by atoms with Crippen molar-refractivity contribution < 1.29 is 9.18 Å². The van der Waals surface area contributed by atoms with E-state index in [2.05, 4.69) is 4.57 Å². The average molecular weight is 401 g/mol. The number of fused-ring (bicyclic) bond motifs is 1. The van der Waals surface area contributed by atoms with E-state index in [9.17, 15) is 9.18 Å². The fraction of sp³-hybridized carbons (Fsp3) is 0.200. The summed E-state index contributed by atoms with van der Waals surface area (Å²) in [5, 5.41) is 0. The van der Waals surface area contributed by atoms with E-state index in [0.29, 0.717) is 6.54 Å². The minimum Gasteiger partial charge on any atom is -0.331 e. The van der Waals surface area contributed by atoms with Crippen molar-refractivity contribution in [1.29, 1.82) is 0 Å². The molecule has 4 rings (SSSR count). The van der Waals surface area contributed by atoms with Gasteiger partial charge in [0.15, 0.2) is 0 Å². The van der Waals surface area contributed by atoms with Crippen molar-refractivity contribution in [1.82, 2.24) is 14.5 Å². The molecular weight excluding hydrogens is 377 g/mol. The monoisotopic (exact) mass is 401 g/mol. The molecule has 0 bridgehead atoms. The van der Waals surface area contributed by atoms with Crippen molar-refractivity contribution in [3.8, 4) is 5.69 Å². The van der Waals surface area contributed by atoms with Crippen LogP contribution in [0.3, 0.4) is 0 Å². The molecule has 0 aliphatic rings. The molecule has 5 heteroatoms. The Hall–Kier alpha value is -3.47. The first-order valence-electron chi connectivity index (χ1n) is 10.1. The van der Waals surface area contributed by atoms with Gasteiger partial charge >= 0.3 is 0 Å². The van der Waals surface area contributed by atoms with E-state index in [0.717, 1.165) is 22.5 Å². The molecule has 0 aliphatic carbocycles. The number of halogens is 1. The van der Waals surface area contributed by atoms with Gasteiger partial charge in [0.05, 0.1) is 23.1 Å². The zero-order valence-corrected chi connectivity index (χ0v) is 17.1. The second-order valence-electron chi connectivity index (χ2n) is 7.75. The van der Waals surface area contributed by atoms with Crippen LogP contribution in [0, 0.1) is 11.7 Å². The summed E-state index contributed by atoms with van der Waals surface area (Å²) < 4.78 is 16.4. The van der Waals surface area contributed by atoms with Gasteiger partial charge in [-0.25, -0.2) is 9.37 Å². The zero-order chi connectivity index (χ0) is 21.1. The van der Waals surface area contributed by atoms with Crippen molar-refractivity contribution in [2.24, 2.45) is 5.92 Å². The number of benzene rings is 3. The van der Waals surface area contributed by atoms with Gasteiger partial charge < -0.3 is 4.90 Å². The fourth-order valence-electron chi connectivity index (χ4n) is 3.68. The third-order valence-electron chi connectivity index (χ3n) is 4.95. The average Bonchev–Trinajstić information content (AvgIpc) is 3.11. The Morgan fingerprint density at radius 1 is 0.967 bits per heavy atom. The topological polar surface area (TPSA) is 38.1 Å². The van der Waals surface area contributed by atoms with Crippen LogP contribution in [0.15, 0.2) is 78.9 Å². The molecule has 0 N–H and O–H groups in total. The molecule has 0 saturated heterocycles. The van der Waals surface area contributed by atoms with Crippen molar-refractivity contribution in [2.75, 3.05) is 6.54 Å². The predicted octanol–water partition coefficient (Wildman–Crippen LogP) is 5.46. The normalized spacial score (nSPS) is 11.2. The van der Waals surface area contributed by atoms with E-state index in [1.165, 1.54) is 12.1 Å². The number of hydrogen-bond acceptors (Lipinski definition) is 2. The molecular formula is C25H24FN3O. The summed E-state index contributed by atoms with van der Waals surface area (Å²) >= 11 is 0. The standard InChI is InChI=1S/C25H24FN3O/c1-18(2)16-28(25(30)20-12-6-7-13-21(20)26)17-24-27-22-14-8-9-15-23(22)29(24)19-10-4-3-5-11-19/h3-15,18H,16-17H2,1-2H3. The first-order valence-corrected chi connectivity index (χ1v) is 10.1. The van der Waals surface area contributed by atoms with Gasteiger partial charge in [0.1, 0.15) is 11.6 Å². The highest BCUT2D eigenvalue weighted by Crippen LogP contribution is 2.23. The molecule has 3 aromatic carbocycles. The highest BCUT2D eigenvalue weighted by Gasteiger charge is 2.23. The largest absolute Gasteiger partial charge is 0.331 e. The summed E-state index contributed by atoms with van der Waals surface area (Å²) in [7, 11) is 0. The summed E-state index contributed by atoms with van der Waals surface area (Å²) in [4.78, 5) is 19.7. The van der Waals surface area contributed by atoms with Gasteiger partial charge in [-0.05, 0) is 42.3 Å². The third-order valence-corrected chi connectivity index (χ3v) is 4.95. The number of para-hydroxylation sites is 3. The maximum absolute atomic E-state index is 14.3. The van der Waals surface area contributed by atoms with Crippen LogP contribution in [0.4, 0.5) is 4.39 Å². The molecule has 30 heavy (non-hydrogen) atoms. The van der Waals surface area contributed by atoms with Crippen LogP contribution < -0.4 is 0 Å². The number of amides is 1. The van der Waals surface area contributed by atoms with Gasteiger partial charge in [0.2, 0.25) is 0 Å². The molecule has 1 heterocycles. The van der Waals surface area contributed by atoms with Crippen molar-refractivity contribution in [3.05, 3.63) is 96.1 Å². The molecule has 0 fully saturated rings. The minimum absolute atomic E-state index is 0.0838. The Labute approximate surface area is 175 Å². The quantitative estimate of drug-likeness (QED) is 0.430. The predicted molar refractivity (Wildman–Crippen MR) is 117 cm³/mol. The van der Waals surface area contributed by atoms with Crippen LogP contribution >= 0.6 is 0 Å². The van der Waals surface area contributed by atoms with Crippen LogP contribution in [0.5, 0.6) is 0 Å². The van der Waals surface area contributed by atoms with Crippen molar-refractivity contribution in [2.45, 2.75) is 20.4 Å². The summed E-state index contributed by atoms with van der Waals surface area (Å²) in [6.45, 7) is 4.88. The van der Waals surface area contributed by atoms with E-state index in [4.69, 9.17) is 4.98 Å². The second kappa shape index (κ2) is 8.49. The van der Waals surface area contributed by atoms with Crippen molar-refractivity contribution >= 4 is 16.9 Å². The fourth-order valence-corrected chi connectivity index (χ4v) is 3.68. The number of nitrogens with zero attached hydrogens (tertiary/aromatic N) is 3. The van der Waals surface area contributed by atoms with E-state index >= 15 is 0 Å². The Kier molecular flexibility index (Phi) is 5.61. The lowest BCUT2D eigenvalue weighted by molar-refractivity contribution is 0.0712. The number of carbonyl (C=O) groups is 1. The summed E-state index contributed by atoms with van der Waals surface area (Å²) in [5.74, 6) is 0.143. The van der Waals surface area contributed by atoms with Gasteiger partial charge in [-0.1, -0.05) is 56.3 Å². The maximum atomic E-state index is 14.3. The molecule has 0 spiro atoms. The van der Waals surface area contributed by atoms with Gasteiger partial charge in [-0.3, -0.25) is 9.36 Å². The summed E-state index contributed by atoms with van der Waals surface area (Å²) in [6, 6.07) is 24.0. The lowest BCUT2D eigenvalue weighted by Crippen LogP contribution is -2.35. The molecule has 4 nitrogen and oxygen atoms in total. The van der Waals surface area contributed by atoms with Crippen LogP contribution in [-0.2, 0) is 6.54 Å². The summed E-state index contributed by atoms with van der Waals surface area (Å²) in [6.07, 6.45) is 0. The molecule has 0 atom stereocenters.